The molecule has 0 unspecified atom stereocenters. The maximum Gasteiger partial charge on any atom is 0.189 e. The summed E-state index contributed by atoms with van der Waals surface area (Å²) in [7, 11) is 4.21. The highest BCUT2D eigenvalue weighted by atomic mass is 16.5. The molecule has 5 rings (SSSR count). The van der Waals surface area contributed by atoms with Crippen molar-refractivity contribution in [2.45, 2.75) is 33.4 Å². The van der Waals surface area contributed by atoms with Crippen LogP contribution < -0.4 is 4.74 Å². The van der Waals surface area contributed by atoms with Crippen LogP contribution in [-0.2, 0) is 13.2 Å². The van der Waals surface area contributed by atoms with Crippen molar-refractivity contribution in [3.63, 3.8) is 0 Å². The van der Waals surface area contributed by atoms with Gasteiger partial charge in [0.05, 0.1) is 5.39 Å². The van der Waals surface area contributed by atoms with Crippen molar-refractivity contribution in [2.24, 2.45) is 0 Å². The Labute approximate surface area is 187 Å². The van der Waals surface area contributed by atoms with Gasteiger partial charge in [-0.15, -0.1) is 5.10 Å². The highest BCUT2D eigenvalue weighted by molar-refractivity contribution is 5.94. The largest absolute Gasteiger partial charge is 0.485 e. The maximum absolute atomic E-state index is 6.11. The minimum atomic E-state index is 0.304. The van der Waals surface area contributed by atoms with E-state index in [-0.39, 0.29) is 0 Å². The summed E-state index contributed by atoms with van der Waals surface area (Å²) < 4.78 is 10.2. The summed E-state index contributed by atoms with van der Waals surface area (Å²) in [6.07, 6.45) is 2.83. The lowest BCUT2D eigenvalue weighted by Crippen LogP contribution is -2.15. The quantitative estimate of drug-likeness (QED) is 0.385. The van der Waals surface area contributed by atoms with E-state index in [1.54, 1.807) is 10.8 Å². The van der Waals surface area contributed by atoms with E-state index >= 15 is 0 Å². The summed E-state index contributed by atoms with van der Waals surface area (Å²) in [4.78, 5) is 11.8. The van der Waals surface area contributed by atoms with Crippen molar-refractivity contribution in [3.8, 4) is 5.75 Å². The lowest BCUT2D eigenvalue weighted by molar-refractivity contribution is 0.300. The molecule has 0 radical (unpaired) electrons. The summed E-state index contributed by atoms with van der Waals surface area (Å²) in [5.41, 5.74) is 4.24. The zero-order valence-electron chi connectivity index (χ0n) is 19.0. The third kappa shape index (κ3) is 3.58. The van der Waals surface area contributed by atoms with Crippen LogP contribution in [0.5, 0.6) is 5.75 Å². The van der Waals surface area contributed by atoms with Crippen molar-refractivity contribution in [1.29, 1.82) is 0 Å². The van der Waals surface area contributed by atoms with Gasteiger partial charge in [0.1, 0.15) is 24.3 Å². The molecule has 0 atom stereocenters. The Bertz CT molecular complexity index is 1410. The number of rotatable bonds is 7. The first-order valence-electron chi connectivity index (χ1n) is 11.0. The van der Waals surface area contributed by atoms with Crippen LogP contribution in [0, 0.1) is 13.8 Å². The first-order valence-corrected chi connectivity index (χ1v) is 11.0. The van der Waals surface area contributed by atoms with E-state index in [0.717, 1.165) is 52.7 Å². The number of benzene rings is 2. The number of aryl methyl sites for hydroxylation is 2. The van der Waals surface area contributed by atoms with Crippen molar-refractivity contribution in [3.05, 3.63) is 65.9 Å². The summed E-state index contributed by atoms with van der Waals surface area (Å²) in [5.74, 6) is 1.48. The third-order valence-corrected chi connectivity index (χ3v) is 6.08. The fraction of sp³-hybridized carbons (Fsp3) is 0.320. The van der Waals surface area contributed by atoms with E-state index in [0.29, 0.717) is 12.4 Å². The number of ether oxygens (including phenoxy) is 1. The number of fused-ring (bicyclic) bond motifs is 4. The van der Waals surface area contributed by atoms with Gasteiger partial charge in [-0.25, -0.2) is 14.5 Å². The van der Waals surface area contributed by atoms with Gasteiger partial charge in [0.25, 0.3) is 0 Å². The molecule has 0 bridgehead atoms. The normalized spacial score (nSPS) is 11.9. The van der Waals surface area contributed by atoms with Crippen LogP contribution in [0.4, 0.5) is 0 Å². The molecule has 0 aliphatic carbocycles. The smallest absolute Gasteiger partial charge is 0.189 e. The molecule has 0 amide bonds. The molecule has 5 aromatic rings. The lowest BCUT2D eigenvalue weighted by atomic mass is 10.1. The summed E-state index contributed by atoms with van der Waals surface area (Å²) >= 11 is 0. The summed E-state index contributed by atoms with van der Waals surface area (Å²) in [6.45, 7) is 6.58. The highest BCUT2D eigenvalue weighted by Crippen LogP contribution is 2.28. The van der Waals surface area contributed by atoms with Crippen molar-refractivity contribution in [1.82, 2.24) is 29.0 Å². The van der Waals surface area contributed by atoms with Crippen LogP contribution in [0.3, 0.4) is 0 Å². The maximum atomic E-state index is 6.11. The minimum Gasteiger partial charge on any atom is -0.485 e. The number of hydrogen-bond donors (Lipinski definition) is 0. The summed E-state index contributed by atoms with van der Waals surface area (Å²) in [5, 5.41) is 7.93. The zero-order chi connectivity index (χ0) is 22.2. The van der Waals surface area contributed by atoms with Gasteiger partial charge in [0.15, 0.2) is 11.5 Å². The van der Waals surface area contributed by atoms with Gasteiger partial charge in [0, 0.05) is 17.6 Å². The SMILES string of the molecule is Cc1c(C)n(CCCN(C)C)c2ncn3nc(COc4cccc5ccccc45)nc3c12. The van der Waals surface area contributed by atoms with E-state index < -0.39 is 0 Å². The molecule has 0 fully saturated rings. The molecular weight excluding hydrogens is 400 g/mol. The molecule has 0 saturated carbocycles. The fourth-order valence-electron chi connectivity index (χ4n) is 4.32. The van der Waals surface area contributed by atoms with Crippen LogP contribution in [0.2, 0.25) is 0 Å². The van der Waals surface area contributed by atoms with Gasteiger partial charge in [-0.3, -0.25) is 0 Å². The van der Waals surface area contributed by atoms with Crippen molar-refractivity contribution < 1.29 is 4.74 Å². The standard InChI is InChI=1S/C25H28N6O/c1-17-18(2)30(14-8-13-29(3)4)24-23(17)25-27-22(28-31(25)16-26-24)15-32-21-12-7-10-19-9-5-6-11-20(19)21/h5-7,9-12,16H,8,13-15H2,1-4H3. The van der Waals surface area contributed by atoms with Crippen LogP contribution >= 0.6 is 0 Å². The number of aromatic nitrogens is 5. The molecule has 0 spiro atoms. The van der Waals surface area contributed by atoms with Gasteiger partial charge < -0.3 is 14.2 Å². The van der Waals surface area contributed by atoms with E-state index in [1.165, 1.54) is 11.3 Å². The van der Waals surface area contributed by atoms with Crippen LogP contribution in [0.1, 0.15) is 23.5 Å². The van der Waals surface area contributed by atoms with E-state index in [1.807, 2.05) is 24.3 Å². The molecule has 0 N–H and O–H groups in total. The van der Waals surface area contributed by atoms with Crippen LogP contribution in [-0.4, -0.2) is 49.7 Å². The van der Waals surface area contributed by atoms with Gasteiger partial charge in [-0.1, -0.05) is 36.4 Å². The summed E-state index contributed by atoms with van der Waals surface area (Å²) in [6, 6.07) is 14.3. The molecule has 3 heterocycles. The van der Waals surface area contributed by atoms with Crippen LogP contribution in [0.25, 0.3) is 27.5 Å². The minimum absolute atomic E-state index is 0.304. The average molecular weight is 429 g/mol. The Balaban J connectivity index is 1.46. The Morgan fingerprint density at radius 2 is 1.81 bits per heavy atom. The second kappa shape index (κ2) is 8.24. The first-order chi connectivity index (χ1) is 15.5. The van der Waals surface area contributed by atoms with Crippen molar-refractivity contribution in [2.75, 3.05) is 20.6 Å². The topological polar surface area (TPSA) is 60.5 Å². The molecule has 3 aromatic heterocycles. The van der Waals surface area contributed by atoms with E-state index in [9.17, 15) is 0 Å². The average Bonchev–Trinajstić information content (AvgIpc) is 3.31. The van der Waals surface area contributed by atoms with Gasteiger partial charge in [-0.05, 0) is 57.9 Å². The molecule has 2 aromatic carbocycles. The molecule has 32 heavy (non-hydrogen) atoms. The molecule has 0 saturated heterocycles. The molecule has 7 nitrogen and oxygen atoms in total. The Morgan fingerprint density at radius 3 is 2.66 bits per heavy atom. The predicted molar refractivity (Wildman–Crippen MR) is 127 cm³/mol. The third-order valence-electron chi connectivity index (χ3n) is 6.08. The lowest BCUT2D eigenvalue weighted by Gasteiger charge is -2.11. The van der Waals surface area contributed by atoms with Gasteiger partial charge in [0.2, 0.25) is 0 Å². The molecule has 0 aliphatic heterocycles. The van der Waals surface area contributed by atoms with Crippen molar-refractivity contribution >= 4 is 27.5 Å². The fourth-order valence-corrected chi connectivity index (χ4v) is 4.32. The van der Waals surface area contributed by atoms with Gasteiger partial charge >= 0.3 is 0 Å². The van der Waals surface area contributed by atoms with Crippen LogP contribution in [0.15, 0.2) is 48.8 Å². The zero-order valence-corrected chi connectivity index (χ0v) is 19.0. The molecule has 0 aliphatic rings. The Hall–Kier alpha value is -3.45. The predicted octanol–water partition coefficient (Wildman–Crippen LogP) is 4.38. The highest BCUT2D eigenvalue weighted by Gasteiger charge is 2.18. The van der Waals surface area contributed by atoms with E-state index in [2.05, 4.69) is 60.7 Å². The number of nitrogens with zero attached hydrogens (tertiary/aromatic N) is 6. The van der Waals surface area contributed by atoms with Gasteiger partial charge in [-0.2, -0.15) is 0 Å². The molecular formula is C25H28N6O. The Morgan fingerprint density at radius 1 is 1.00 bits per heavy atom. The number of hydrogen-bond acceptors (Lipinski definition) is 5. The second-order valence-corrected chi connectivity index (χ2v) is 8.52. The monoisotopic (exact) mass is 428 g/mol. The first kappa shape index (κ1) is 20.5. The molecule has 7 heteroatoms. The Kier molecular flexibility index (Phi) is 5.27. The van der Waals surface area contributed by atoms with E-state index in [4.69, 9.17) is 14.7 Å². The molecule has 164 valence electrons. The second-order valence-electron chi connectivity index (χ2n) is 8.52.